The highest BCUT2D eigenvalue weighted by molar-refractivity contribution is 9.10. The summed E-state index contributed by atoms with van der Waals surface area (Å²) in [6, 6.07) is 1.78. The van der Waals surface area contributed by atoms with E-state index in [0.29, 0.717) is 11.7 Å². The van der Waals surface area contributed by atoms with Gasteiger partial charge in [-0.05, 0) is 43.4 Å². The Balaban J connectivity index is 3.40. The summed E-state index contributed by atoms with van der Waals surface area (Å²) in [7, 11) is 0. The lowest BCUT2D eigenvalue weighted by Crippen LogP contribution is -1.96. The van der Waals surface area contributed by atoms with Crippen LogP contribution in [0, 0.1) is 19.8 Å². The summed E-state index contributed by atoms with van der Waals surface area (Å²) in [6.45, 7) is 12.0. The Morgan fingerprint density at radius 2 is 2.06 bits per heavy atom. The molecule has 1 N–H and O–H groups in total. The molecule has 0 saturated heterocycles. The Labute approximate surface area is 112 Å². The van der Waals surface area contributed by atoms with Gasteiger partial charge < -0.3 is 5.11 Å². The molecule has 0 fully saturated rings. The van der Waals surface area contributed by atoms with Crippen LogP contribution in [0.15, 0.2) is 22.8 Å². The minimum Gasteiger partial charge on any atom is -0.507 e. The fraction of sp³-hybridized carbons (Fsp3) is 0.400. The molecule has 0 radical (unpaired) electrons. The molecule has 0 aliphatic rings. The lowest BCUT2D eigenvalue weighted by Gasteiger charge is -2.15. The van der Waals surface area contributed by atoms with Crippen LogP contribution in [0.25, 0.3) is 5.57 Å². The number of hydrogen-bond acceptors (Lipinski definition) is 1. The molecule has 0 spiro atoms. The van der Waals surface area contributed by atoms with Crippen molar-refractivity contribution in [2.24, 2.45) is 5.92 Å². The maximum absolute atomic E-state index is 10.1. The fourth-order valence-corrected chi connectivity index (χ4v) is 2.30. The normalized spacial score (nSPS) is 10.5. The van der Waals surface area contributed by atoms with Gasteiger partial charge in [0.25, 0.3) is 0 Å². The van der Waals surface area contributed by atoms with Gasteiger partial charge in [-0.2, -0.15) is 0 Å². The third-order valence-corrected chi connectivity index (χ3v) is 4.01. The molecule has 1 rings (SSSR count). The van der Waals surface area contributed by atoms with Gasteiger partial charge in [0.2, 0.25) is 0 Å². The first-order valence-electron chi connectivity index (χ1n) is 5.76. The van der Waals surface area contributed by atoms with Crippen molar-refractivity contribution in [2.75, 3.05) is 0 Å². The number of benzene rings is 1. The van der Waals surface area contributed by atoms with Gasteiger partial charge in [-0.25, -0.2) is 0 Å². The van der Waals surface area contributed by atoms with Crippen molar-refractivity contribution in [3.05, 3.63) is 39.5 Å². The van der Waals surface area contributed by atoms with Gasteiger partial charge in [-0.1, -0.05) is 36.4 Å². The predicted octanol–water partition coefficient (Wildman–Crippen LogP) is 4.99. The molecule has 0 amide bonds. The molecular weight excluding hydrogens is 276 g/mol. The number of aryl methyl sites for hydroxylation is 1. The average molecular weight is 295 g/mol. The zero-order valence-corrected chi connectivity index (χ0v) is 12.5. The fourth-order valence-electron chi connectivity index (χ4n) is 1.99. The molecule has 17 heavy (non-hydrogen) atoms. The topological polar surface area (TPSA) is 20.2 Å². The van der Waals surface area contributed by atoms with E-state index in [0.717, 1.165) is 33.2 Å². The predicted molar refractivity (Wildman–Crippen MR) is 77.3 cm³/mol. The minimum absolute atomic E-state index is 0.315. The molecule has 0 aliphatic heterocycles. The Hall–Kier alpha value is -0.980. The largest absolute Gasteiger partial charge is 0.507 e. The van der Waals surface area contributed by atoms with E-state index in [4.69, 9.17) is 0 Å². The van der Waals surface area contributed by atoms with E-state index in [2.05, 4.69) is 42.1 Å². The van der Waals surface area contributed by atoms with Crippen LogP contribution in [0.1, 0.15) is 37.0 Å². The molecule has 0 atom stereocenters. The van der Waals surface area contributed by atoms with E-state index in [1.165, 1.54) is 0 Å². The lowest BCUT2D eigenvalue weighted by atomic mass is 9.92. The molecule has 92 valence electrons. The van der Waals surface area contributed by atoms with Crippen molar-refractivity contribution in [3.8, 4) is 5.75 Å². The van der Waals surface area contributed by atoms with Gasteiger partial charge in [0.1, 0.15) is 5.75 Å². The molecule has 1 aromatic carbocycles. The number of rotatable bonds is 3. The molecular formula is C15H19BrO. The van der Waals surface area contributed by atoms with E-state index in [1.807, 2.05) is 13.8 Å². The monoisotopic (exact) mass is 294 g/mol. The van der Waals surface area contributed by atoms with E-state index < -0.39 is 0 Å². The molecule has 0 aromatic heterocycles. The second-order valence-corrected chi connectivity index (χ2v) is 5.57. The van der Waals surface area contributed by atoms with Crippen LogP contribution in [0.4, 0.5) is 0 Å². The Bertz CT molecular complexity index is 480. The molecule has 0 aliphatic carbocycles. The van der Waals surface area contributed by atoms with Gasteiger partial charge in [-0.15, -0.1) is 5.73 Å². The minimum atomic E-state index is 0.315. The molecule has 2 heteroatoms. The van der Waals surface area contributed by atoms with Crippen molar-refractivity contribution in [1.82, 2.24) is 0 Å². The SMILES string of the molecule is C=C=C(CC(C)C)c1c(O)cc(C)c(Br)c1C. The highest BCUT2D eigenvalue weighted by Crippen LogP contribution is 2.37. The second kappa shape index (κ2) is 5.57. The van der Waals surface area contributed by atoms with Crippen LogP contribution in [0.5, 0.6) is 5.75 Å². The second-order valence-electron chi connectivity index (χ2n) is 4.78. The Morgan fingerprint density at radius 1 is 1.47 bits per heavy atom. The van der Waals surface area contributed by atoms with E-state index in [-0.39, 0.29) is 0 Å². The van der Waals surface area contributed by atoms with Crippen molar-refractivity contribution in [1.29, 1.82) is 0 Å². The van der Waals surface area contributed by atoms with Crippen molar-refractivity contribution in [3.63, 3.8) is 0 Å². The van der Waals surface area contributed by atoms with Crippen LogP contribution in [0.3, 0.4) is 0 Å². The van der Waals surface area contributed by atoms with Gasteiger partial charge in [0, 0.05) is 15.6 Å². The first-order chi connectivity index (χ1) is 7.88. The van der Waals surface area contributed by atoms with E-state index >= 15 is 0 Å². The summed E-state index contributed by atoms with van der Waals surface area (Å²) in [5.74, 6) is 0.827. The first-order valence-corrected chi connectivity index (χ1v) is 6.55. The third kappa shape index (κ3) is 3.02. The Morgan fingerprint density at radius 3 is 2.53 bits per heavy atom. The van der Waals surface area contributed by atoms with E-state index in [1.54, 1.807) is 6.07 Å². The van der Waals surface area contributed by atoms with Gasteiger partial charge in [0.15, 0.2) is 0 Å². The molecule has 0 heterocycles. The lowest BCUT2D eigenvalue weighted by molar-refractivity contribution is 0.471. The van der Waals surface area contributed by atoms with Gasteiger partial charge >= 0.3 is 0 Å². The summed E-state index contributed by atoms with van der Waals surface area (Å²) < 4.78 is 1.04. The van der Waals surface area contributed by atoms with Crippen LogP contribution in [0.2, 0.25) is 0 Å². The first kappa shape index (κ1) is 14.1. The summed E-state index contributed by atoms with van der Waals surface area (Å²) in [5, 5.41) is 10.1. The standard InChI is InChI=1S/C15H19BrO/c1-6-12(7-9(2)3)14-11(5)15(16)10(4)8-13(14)17/h8-9,17H,1,7H2,2-5H3. The van der Waals surface area contributed by atoms with Crippen molar-refractivity contribution in [2.45, 2.75) is 34.1 Å². The highest BCUT2D eigenvalue weighted by atomic mass is 79.9. The number of halogens is 1. The number of phenolic OH excluding ortho intramolecular Hbond substituents is 1. The third-order valence-electron chi connectivity index (χ3n) is 2.79. The zero-order chi connectivity index (χ0) is 13.2. The van der Waals surface area contributed by atoms with E-state index in [9.17, 15) is 5.11 Å². The molecule has 1 nitrogen and oxygen atoms in total. The molecule has 1 aromatic rings. The van der Waals surface area contributed by atoms with Crippen molar-refractivity contribution >= 4 is 21.5 Å². The smallest absolute Gasteiger partial charge is 0.124 e. The highest BCUT2D eigenvalue weighted by Gasteiger charge is 2.15. The van der Waals surface area contributed by atoms with Crippen LogP contribution < -0.4 is 0 Å². The average Bonchev–Trinajstić information content (AvgIpc) is 2.24. The quantitative estimate of drug-likeness (QED) is 0.779. The Kier molecular flexibility index (Phi) is 4.62. The summed E-state index contributed by atoms with van der Waals surface area (Å²) in [6.07, 6.45) is 0.868. The summed E-state index contributed by atoms with van der Waals surface area (Å²) in [4.78, 5) is 0. The number of hydrogen-bond donors (Lipinski definition) is 1. The van der Waals surface area contributed by atoms with Crippen molar-refractivity contribution < 1.29 is 5.11 Å². The summed E-state index contributed by atoms with van der Waals surface area (Å²) >= 11 is 3.56. The zero-order valence-electron chi connectivity index (χ0n) is 10.9. The van der Waals surface area contributed by atoms with Crippen LogP contribution in [-0.4, -0.2) is 5.11 Å². The molecule has 0 bridgehead atoms. The van der Waals surface area contributed by atoms with Gasteiger partial charge in [0.05, 0.1) is 0 Å². The maximum atomic E-state index is 10.1. The number of aromatic hydroxyl groups is 1. The van der Waals surface area contributed by atoms with Crippen LogP contribution >= 0.6 is 15.9 Å². The van der Waals surface area contributed by atoms with Gasteiger partial charge in [-0.3, -0.25) is 0 Å². The number of allylic oxidation sites excluding steroid dienone is 1. The number of phenols is 1. The van der Waals surface area contributed by atoms with Crippen LogP contribution in [-0.2, 0) is 0 Å². The molecule has 0 unspecified atom stereocenters. The summed E-state index contributed by atoms with van der Waals surface area (Å²) in [5.41, 5.74) is 6.90. The maximum Gasteiger partial charge on any atom is 0.124 e. The molecule has 0 saturated carbocycles.